The van der Waals surface area contributed by atoms with Crippen molar-refractivity contribution in [3.05, 3.63) is 132 Å². The predicted octanol–water partition coefficient (Wildman–Crippen LogP) is 11.8. The van der Waals surface area contributed by atoms with E-state index in [4.69, 9.17) is 69.6 Å². The molecule has 0 amide bonds. The second-order valence-electron chi connectivity index (χ2n) is 9.89. The van der Waals surface area contributed by atoms with E-state index in [2.05, 4.69) is 114 Å². The summed E-state index contributed by atoms with van der Waals surface area (Å²) in [7, 11) is 0. The molecule has 0 aliphatic carbocycles. The lowest BCUT2D eigenvalue weighted by Gasteiger charge is -2.08. The molecule has 3 heterocycles. The number of rotatable bonds is 9. The summed E-state index contributed by atoms with van der Waals surface area (Å²) in [6.07, 6.45) is 1.77. The number of hydrogen-bond acceptors (Lipinski definition) is 12. The lowest BCUT2D eigenvalue weighted by Crippen LogP contribution is -2.01. The van der Waals surface area contributed by atoms with Crippen molar-refractivity contribution in [1.82, 2.24) is 29.9 Å². The third-order valence-corrected chi connectivity index (χ3v) is 9.82. The summed E-state index contributed by atoms with van der Waals surface area (Å²) in [6.45, 7) is 0. The number of hydrogen-bond donors (Lipinski definition) is 3. The molecular weight excluding hydrogens is 1160 g/mol. The smallest absolute Gasteiger partial charge is 0.225 e. The minimum atomic E-state index is -0.0152. The minimum Gasteiger partial charge on any atom is -0.339 e. The Bertz CT molecular complexity index is 2020. The van der Waals surface area contributed by atoms with Crippen LogP contribution in [0.2, 0.25) is 31.3 Å². The zero-order chi connectivity index (χ0) is 39.4. The summed E-state index contributed by atoms with van der Waals surface area (Å²) < 4.78 is 3.31. The van der Waals surface area contributed by atoms with Gasteiger partial charge in [-0.25, -0.2) is 15.0 Å². The van der Waals surface area contributed by atoms with Gasteiger partial charge in [0.2, 0.25) is 15.9 Å². The molecule has 0 aliphatic heterocycles. The SMILES string of the molecule is O=Cc1c(Cl)nc(Cl)nc1Nc1ccc(I)cc1.O=Cc1c(Cl)nc(Cl)nc1Nc1ccc(I)cc1.O=Cc1c(Cl)nc(Cl)nc1Nc1ccc(I)cc1. The molecule has 0 saturated heterocycles. The lowest BCUT2D eigenvalue weighted by molar-refractivity contribution is 0.111. The topological polar surface area (TPSA) is 165 Å². The largest absolute Gasteiger partial charge is 0.339 e. The van der Waals surface area contributed by atoms with Gasteiger partial charge in [0.1, 0.15) is 32.9 Å². The number of halogens is 9. The van der Waals surface area contributed by atoms with Crippen LogP contribution in [0.15, 0.2) is 72.8 Å². The molecule has 6 aromatic rings. The Balaban J connectivity index is 0.000000180. The van der Waals surface area contributed by atoms with Crippen molar-refractivity contribution < 1.29 is 14.4 Å². The average molecular weight is 1180 g/mol. The van der Waals surface area contributed by atoms with Crippen LogP contribution in [0.3, 0.4) is 0 Å². The maximum absolute atomic E-state index is 11.0. The molecule has 276 valence electrons. The molecule has 0 aliphatic rings. The third kappa shape index (κ3) is 13.2. The molecule has 3 aromatic carbocycles. The molecule has 54 heavy (non-hydrogen) atoms. The van der Waals surface area contributed by atoms with E-state index in [9.17, 15) is 14.4 Å². The minimum absolute atomic E-state index is 0.0152. The fraction of sp³-hybridized carbons (Fsp3) is 0. The number of nitrogens with one attached hydrogen (secondary N) is 3. The Kier molecular flexibility index (Phi) is 17.5. The van der Waals surface area contributed by atoms with Crippen molar-refractivity contribution >= 4 is 191 Å². The molecular formula is C33H18Cl6I3N9O3. The number of aldehydes is 3. The first-order valence-corrected chi connectivity index (χ1v) is 19.9. The van der Waals surface area contributed by atoms with E-state index in [-0.39, 0.29) is 65.5 Å². The molecule has 0 radical (unpaired) electrons. The highest BCUT2D eigenvalue weighted by molar-refractivity contribution is 14.1. The molecule has 0 unspecified atom stereocenters. The zero-order valence-electron chi connectivity index (χ0n) is 26.5. The Morgan fingerprint density at radius 3 is 0.815 bits per heavy atom. The fourth-order valence-electron chi connectivity index (χ4n) is 3.86. The van der Waals surface area contributed by atoms with Crippen LogP contribution >= 0.6 is 137 Å². The van der Waals surface area contributed by atoms with Gasteiger partial charge in [0.25, 0.3) is 0 Å². The first-order valence-electron chi connectivity index (χ1n) is 14.4. The van der Waals surface area contributed by atoms with Crippen molar-refractivity contribution in [3.63, 3.8) is 0 Å². The van der Waals surface area contributed by atoms with Crippen LogP contribution in [0.25, 0.3) is 0 Å². The van der Waals surface area contributed by atoms with Crippen LogP contribution in [0.4, 0.5) is 34.5 Å². The monoisotopic (exact) mass is 1180 g/mol. The quantitative estimate of drug-likeness (QED) is 0.0544. The molecule has 0 bridgehead atoms. The molecule has 6 rings (SSSR count). The molecule has 21 heteroatoms. The van der Waals surface area contributed by atoms with E-state index >= 15 is 0 Å². The summed E-state index contributed by atoms with van der Waals surface area (Å²) in [4.78, 5) is 55.8. The van der Waals surface area contributed by atoms with Crippen LogP contribution in [0.5, 0.6) is 0 Å². The molecule has 0 fully saturated rings. The maximum atomic E-state index is 11.0. The first-order chi connectivity index (χ1) is 25.8. The predicted molar refractivity (Wildman–Crippen MR) is 240 cm³/mol. The normalized spacial score (nSPS) is 10.2. The third-order valence-electron chi connectivity index (χ3n) is 6.29. The number of aromatic nitrogens is 6. The van der Waals surface area contributed by atoms with Gasteiger partial charge >= 0.3 is 0 Å². The van der Waals surface area contributed by atoms with Gasteiger partial charge in [-0.1, -0.05) is 34.8 Å². The summed E-state index contributed by atoms with van der Waals surface area (Å²) >= 11 is 41.2. The Labute approximate surface area is 378 Å². The molecule has 0 spiro atoms. The van der Waals surface area contributed by atoms with Gasteiger partial charge in [0, 0.05) is 27.8 Å². The zero-order valence-corrected chi connectivity index (χ0v) is 37.5. The molecule has 0 atom stereocenters. The van der Waals surface area contributed by atoms with E-state index in [1.165, 1.54) is 0 Å². The highest BCUT2D eigenvalue weighted by Gasteiger charge is 2.14. The second-order valence-corrected chi connectivity index (χ2v) is 15.7. The molecule has 3 aromatic heterocycles. The van der Waals surface area contributed by atoms with Gasteiger partial charge in [-0.2, -0.15) is 15.0 Å². The molecule has 3 N–H and O–H groups in total. The second kappa shape index (κ2) is 21.5. The van der Waals surface area contributed by atoms with E-state index in [0.29, 0.717) is 18.9 Å². The van der Waals surface area contributed by atoms with Crippen molar-refractivity contribution in [2.45, 2.75) is 0 Å². The first kappa shape index (κ1) is 44.0. The number of benzene rings is 3. The van der Waals surface area contributed by atoms with Crippen molar-refractivity contribution in [1.29, 1.82) is 0 Å². The number of nitrogens with zero attached hydrogens (tertiary/aromatic N) is 6. The Hall–Kier alpha value is -2.76. The van der Waals surface area contributed by atoms with Crippen LogP contribution in [0.1, 0.15) is 31.1 Å². The van der Waals surface area contributed by atoms with Crippen molar-refractivity contribution in [2.24, 2.45) is 0 Å². The van der Waals surface area contributed by atoms with Gasteiger partial charge in [-0.3, -0.25) is 14.4 Å². The van der Waals surface area contributed by atoms with Crippen LogP contribution < -0.4 is 16.0 Å². The van der Waals surface area contributed by atoms with Gasteiger partial charge in [0.05, 0.1) is 16.7 Å². The molecule has 0 saturated carbocycles. The fourth-order valence-corrected chi connectivity index (χ4v) is 6.22. The summed E-state index contributed by atoms with van der Waals surface area (Å²) in [5.41, 5.74) is 2.89. The average Bonchev–Trinajstić information content (AvgIpc) is 3.11. The van der Waals surface area contributed by atoms with E-state index in [1.54, 1.807) is 0 Å². The summed E-state index contributed by atoms with van der Waals surface area (Å²) in [5.74, 6) is 0.864. The lowest BCUT2D eigenvalue weighted by atomic mass is 10.3. The number of carbonyl (C=O) groups excluding carboxylic acids is 3. The Morgan fingerprint density at radius 1 is 0.389 bits per heavy atom. The number of anilines is 6. The van der Waals surface area contributed by atoms with Gasteiger partial charge in [-0.05, 0) is 175 Å². The highest BCUT2D eigenvalue weighted by atomic mass is 127. The maximum Gasteiger partial charge on any atom is 0.225 e. The summed E-state index contributed by atoms with van der Waals surface area (Å²) in [6, 6.07) is 22.7. The van der Waals surface area contributed by atoms with Crippen LogP contribution in [0, 0.1) is 10.7 Å². The van der Waals surface area contributed by atoms with Crippen molar-refractivity contribution in [2.75, 3.05) is 16.0 Å². The van der Waals surface area contributed by atoms with E-state index in [1.807, 2.05) is 72.8 Å². The molecule has 12 nitrogen and oxygen atoms in total. The highest BCUT2D eigenvalue weighted by Crippen LogP contribution is 2.27. The standard InChI is InChI=1S/3C11H6Cl2IN3O/c3*12-9-8(5-18)10(17-11(13)16-9)15-7-3-1-6(14)2-4-7/h3*1-5H,(H,15,16,17). The van der Waals surface area contributed by atoms with Gasteiger partial charge in [-0.15, -0.1) is 0 Å². The van der Waals surface area contributed by atoms with E-state index in [0.717, 1.165) is 27.8 Å². The van der Waals surface area contributed by atoms with Gasteiger partial charge in [0.15, 0.2) is 18.9 Å². The van der Waals surface area contributed by atoms with Crippen LogP contribution in [-0.4, -0.2) is 48.8 Å². The van der Waals surface area contributed by atoms with Crippen molar-refractivity contribution in [3.8, 4) is 0 Å². The Morgan fingerprint density at radius 2 is 0.611 bits per heavy atom. The summed E-state index contributed by atoms with van der Waals surface area (Å²) in [5, 5.41) is 8.97. The van der Waals surface area contributed by atoms with E-state index < -0.39 is 0 Å². The number of carbonyl (C=O) groups is 3. The van der Waals surface area contributed by atoms with Gasteiger partial charge < -0.3 is 16.0 Å². The van der Waals surface area contributed by atoms with Crippen LogP contribution in [-0.2, 0) is 0 Å².